The molecule has 0 saturated heterocycles. The maximum absolute atomic E-state index is 11.8. The minimum Gasteiger partial charge on any atom is -0.482 e. The van der Waals surface area contributed by atoms with Crippen LogP contribution in [0.1, 0.15) is 44.9 Å². The van der Waals surface area contributed by atoms with Gasteiger partial charge in [0.1, 0.15) is 11.5 Å². The van der Waals surface area contributed by atoms with Crippen molar-refractivity contribution in [2.24, 2.45) is 0 Å². The Balaban J connectivity index is 1.42. The van der Waals surface area contributed by atoms with Crippen LogP contribution >= 0.6 is 23.2 Å². The SMILES string of the molecule is O=C(CCCCCCCC(=O)NNC(=O)COc1ccccc1Cl)NNC(=O)COc1ccccc1Cl. The van der Waals surface area contributed by atoms with Gasteiger partial charge < -0.3 is 9.47 Å². The maximum atomic E-state index is 11.8. The zero-order valence-corrected chi connectivity index (χ0v) is 21.7. The fourth-order valence-electron chi connectivity index (χ4n) is 2.99. The van der Waals surface area contributed by atoms with Crippen LogP contribution in [-0.4, -0.2) is 36.8 Å². The standard InChI is InChI=1S/C25H30Cl2N4O6/c26-18-10-6-8-12-20(18)36-16-24(34)30-28-22(32)14-4-2-1-3-5-15-23(33)29-31-25(35)17-37-21-13-9-7-11-19(21)27/h6-13H,1-5,14-17H2,(H,28,32)(H,29,33)(H,30,34)(H,31,35). The molecule has 2 rings (SSSR count). The van der Waals surface area contributed by atoms with E-state index >= 15 is 0 Å². The first-order valence-electron chi connectivity index (χ1n) is 11.7. The van der Waals surface area contributed by atoms with Crippen LogP contribution in [0, 0.1) is 0 Å². The number of nitrogens with one attached hydrogen (secondary N) is 4. The Bertz CT molecular complexity index is 972. The molecule has 0 aliphatic carbocycles. The lowest BCUT2D eigenvalue weighted by Crippen LogP contribution is -2.43. The molecule has 2 aromatic rings. The number of hydrogen-bond acceptors (Lipinski definition) is 6. The number of amides is 4. The van der Waals surface area contributed by atoms with Crippen molar-refractivity contribution in [3.05, 3.63) is 58.6 Å². The molecule has 200 valence electrons. The minimum atomic E-state index is -0.504. The molecule has 10 nitrogen and oxygen atoms in total. The lowest BCUT2D eigenvalue weighted by molar-refractivity contribution is -0.130. The fraction of sp³-hybridized carbons (Fsp3) is 0.360. The molecular formula is C25H30Cl2N4O6. The van der Waals surface area contributed by atoms with Gasteiger partial charge in [-0.2, -0.15) is 0 Å². The lowest BCUT2D eigenvalue weighted by Gasteiger charge is -2.10. The van der Waals surface area contributed by atoms with E-state index in [-0.39, 0.29) is 37.9 Å². The number of carbonyl (C=O) groups is 4. The minimum absolute atomic E-state index is 0.258. The fourth-order valence-corrected chi connectivity index (χ4v) is 3.37. The van der Waals surface area contributed by atoms with Crippen molar-refractivity contribution >= 4 is 46.8 Å². The van der Waals surface area contributed by atoms with Crippen molar-refractivity contribution < 1.29 is 28.7 Å². The van der Waals surface area contributed by atoms with Gasteiger partial charge in [0.15, 0.2) is 13.2 Å². The summed E-state index contributed by atoms with van der Waals surface area (Å²) in [6.45, 7) is -0.560. The monoisotopic (exact) mass is 552 g/mol. The number of hydrogen-bond donors (Lipinski definition) is 4. The summed E-state index contributed by atoms with van der Waals surface area (Å²) < 4.78 is 10.6. The molecule has 4 N–H and O–H groups in total. The summed E-state index contributed by atoms with van der Waals surface area (Å²) in [7, 11) is 0. The van der Waals surface area contributed by atoms with Gasteiger partial charge in [0.2, 0.25) is 11.8 Å². The highest BCUT2D eigenvalue weighted by Gasteiger charge is 2.09. The molecule has 0 aliphatic rings. The summed E-state index contributed by atoms with van der Waals surface area (Å²) >= 11 is 11.9. The Kier molecular flexibility index (Phi) is 13.7. The molecular weight excluding hydrogens is 523 g/mol. The molecule has 0 heterocycles. The highest BCUT2D eigenvalue weighted by molar-refractivity contribution is 6.32. The molecule has 2 aromatic carbocycles. The van der Waals surface area contributed by atoms with Gasteiger partial charge in [0.05, 0.1) is 10.0 Å². The van der Waals surface area contributed by atoms with Gasteiger partial charge in [-0.15, -0.1) is 0 Å². The van der Waals surface area contributed by atoms with Gasteiger partial charge in [-0.3, -0.25) is 40.9 Å². The topological polar surface area (TPSA) is 135 Å². The number of ether oxygens (including phenoxy) is 2. The molecule has 0 spiro atoms. The third-order valence-corrected chi connectivity index (χ3v) is 5.51. The smallest absolute Gasteiger partial charge is 0.276 e. The van der Waals surface area contributed by atoms with Crippen LogP contribution < -0.4 is 31.2 Å². The Labute approximate surface area is 225 Å². The van der Waals surface area contributed by atoms with Gasteiger partial charge in [-0.05, 0) is 37.1 Å². The Hall–Kier alpha value is -3.50. The van der Waals surface area contributed by atoms with Crippen molar-refractivity contribution in [3.63, 3.8) is 0 Å². The van der Waals surface area contributed by atoms with Gasteiger partial charge in [-0.25, -0.2) is 0 Å². The molecule has 12 heteroatoms. The van der Waals surface area contributed by atoms with Crippen LogP contribution in [0.3, 0.4) is 0 Å². The van der Waals surface area contributed by atoms with Gasteiger partial charge in [0.25, 0.3) is 11.8 Å². The highest BCUT2D eigenvalue weighted by atomic mass is 35.5. The number of halogens is 2. The maximum Gasteiger partial charge on any atom is 0.276 e. The number of para-hydroxylation sites is 2. The average molecular weight is 553 g/mol. The van der Waals surface area contributed by atoms with Crippen molar-refractivity contribution in [2.45, 2.75) is 44.9 Å². The van der Waals surface area contributed by atoms with E-state index < -0.39 is 11.8 Å². The Morgan fingerprint density at radius 1 is 0.541 bits per heavy atom. The van der Waals surface area contributed by atoms with Crippen LogP contribution in [0.4, 0.5) is 0 Å². The summed E-state index contributed by atoms with van der Waals surface area (Å²) in [5.74, 6) is -0.856. The molecule has 0 fully saturated rings. The zero-order chi connectivity index (χ0) is 26.9. The van der Waals surface area contributed by atoms with E-state index in [0.717, 1.165) is 19.3 Å². The third kappa shape index (κ3) is 12.9. The molecule has 0 atom stereocenters. The second-order valence-corrected chi connectivity index (χ2v) is 8.71. The molecule has 0 bridgehead atoms. The summed E-state index contributed by atoms with van der Waals surface area (Å²) in [4.78, 5) is 47.2. The van der Waals surface area contributed by atoms with E-state index in [0.29, 0.717) is 34.4 Å². The number of benzene rings is 2. The van der Waals surface area contributed by atoms with E-state index in [2.05, 4.69) is 21.7 Å². The molecule has 0 aromatic heterocycles. The van der Waals surface area contributed by atoms with Gasteiger partial charge in [-0.1, -0.05) is 66.7 Å². The second kappa shape index (κ2) is 17.0. The largest absolute Gasteiger partial charge is 0.482 e. The van der Waals surface area contributed by atoms with Crippen LogP contribution in [0.5, 0.6) is 11.5 Å². The predicted octanol–water partition coefficient (Wildman–Crippen LogP) is 3.48. The number of carbonyl (C=O) groups excluding carboxylic acids is 4. The van der Waals surface area contributed by atoms with E-state index in [1.807, 2.05) is 0 Å². The molecule has 0 unspecified atom stereocenters. The summed E-state index contributed by atoms with van der Waals surface area (Å²) in [5.41, 5.74) is 9.26. The van der Waals surface area contributed by atoms with Gasteiger partial charge in [0, 0.05) is 12.8 Å². The Morgan fingerprint density at radius 3 is 1.30 bits per heavy atom. The molecule has 4 amide bonds. The lowest BCUT2D eigenvalue weighted by atomic mass is 10.1. The van der Waals surface area contributed by atoms with Crippen LogP contribution in [0.15, 0.2) is 48.5 Å². The normalized spacial score (nSPS) is 10.2. The average Bonchev–Trinajstić information content (AvgIpc) is 2.89. The first-order chi connectivity index (χ1) is 17.8. The van der Waals surface area contributed by atoms with E-state index in [1.165, 1.54) is 0 Å². The van der Waals surface area contributed by atoms with E-state index in [1.54, 1.807) is 48.5 Å². The quantitative estimate of drug-likeness (QED) is 0.209. The first kappa shape index (κ1) is 29.7. The number of hydrazine groups is 2. The van der Waals surface area contributed by atoms with Crippen molar-refractivity contribution in [1.29, 1.82) is 0 Å². The van der Waals surface area contributed by atoms with E-state index in [9.17, 15) is 19.2 Å². The van der Waals surface area contributed by atoms with Crippen LogP contribution in [0.2, 0.25) is 10.0 Å². The zero-order valence-electron chi connectivity index (χ0n) is 20.2. The van der Waals surface area contributed by atoms with Crippen LogP contribution in [0.25, 0.3) is 0 Å². The van der Waals surface area contributed by atoms with Crippen LogP contribution in [-0.2, 0) is 19.2 Å². The summed E-state index contributed by atoms with van der Waals surface area (Å²) in [6.07, 6.45) is 4.25. The molecule has 0 aliphatic heterocycles. The first-order valence-corrected chi connectivity index (χ1v) is 12.5. The van der Waals surface area contributed by atoms with Crippen molar-refractivity contribution in [1.82, 2.24) is 21.7 Å². The summed E-state index contributed by atoms with van der Waals surface area (Å²) in [6, 6.07) is 13.5. The predicted molar refractivity (Wildman–Crippen MR) is 139 cm³/mol. The number of rotatable bonds is 14. The third-order valence-electron chi connectivity index (χ3n) is 4.88. The second-order valence-electron chi connectivity index (χ2n) is 7.90. The molecule has 0 radical (unpaired) electrons. The molecule has 37 heavy (non-hydrogen) atoms. The van der Waals surface area contributed by atoms with Gasteiger partial charge >= 0.3 is 0 Å². The molecule has 0 saturated carbocycles. The summed E-state index contributed by atoms with van der Waals surface area (Å²) in [5, 5.41) is 0.782. The van der Waals surface area contributed by atoms with E-state index in [4.69, 9.17) is 32.7 Å². The van der Waals surface area contributed by atoms with Crippen molar-refractivity contribution in [3.8, 4) is 11.5 Å². The number of unbranched alkanes of at least 4 members (excludes halogenated alkanes) is 4. The Morgan fingerprint density at radius 2 is 0.892 bits per heavy atom. The highest BCUT2D eigenvalue weighted by Crippen LogP contribution is 2.23. The van der Waals surface area contributed by atoms with Crippen molar-refractivity contribution in [2.75, 3.05) is 13.2 Å².